The van der Waals surface area contributed by atoms with Crippen molar-refractivity contribution in [2.24, 2.45) is 5.92 Å². The Morgan fingerprint density at radius 1 is 1.53 bits per heavy atom. The Hall–Kier alpha value is -1.07. The third-order valence-corrected chi connectivity index (χ3v) is 3.85. The van der Waals surface area contributed by atoms with E-state index >= 15 is 0 Å². The predicted molar refractivity (Wildman–Crippen MR) is 79.9 cm³/mol. The van der Waals surface area contributed by atoms with Gasteiger partial charge in [0.1, 0.15) is 0 Å². The first-order chi connectivity index (χ1) is 9.08. The molecule has 1 saturated carbocycles. The van der Waals surface area contributed by atoms with Crippen LogP contribution >= 0.6 is 15.9 Å². The topological polar surface area (TPSA) is 64.3 Å². The number of carbonyl (C=O) groups is 1. The molecule has 0 bridgehead atoms. The van der Waals surface area contributed by atoms with Crippen LogP contribution < -0.4 is 11.1 Å². The molecule has 0 aliphatic heterocycles. The second-order valence-electron chi connectivity index (χ2n) is 4.90. The van der Waals surface area contributed by atoms with Crippen LogP contribution in [0.3, 0.4) is 0 Å². The SMILES string of the molecule is CCOC1CC(CC(=O)Nc2ccc(Br)cc2N)C1. The molecule has 104 valence electrons. The van der Waals surface area contributed by atoms with Crippen LogP contribution in [0.15, 0.2) is 22.7 Å². The van der Waals surface area contributed by atoms with Gasteiger partial charge in [0.25, 0.3) is 0 Å². The number of ether oxygens (including phenoxy) is 1. The Balaban J connectivity index is 1.79. The quantitative estimate of drug-likeness (QED) is 0.817. The van der Waals surface area contributed by atoms with Crippen LogP contribution in [0, 0.1) is 5.92 Å². The zero-order valence-electron chi connectivity index (χ0n) is 11.0. The van der Waals surface area contributed by atoms with Gasteiger partial charge in [-0.05, 0) is 43.9 Å². The molecule has 0 atom stereocenters. The lowest BCUT2D eigenvalue weighted by Gasteiger charge is -2.34. The van der Waals surface area contributed by atoms with Crippen molar-refractivity contribution in [2.75, 3.05) is 17.7 Å². The summed E-state index contributed by atoms with van der Waals surface area (Å²) < 4.78 is 6.39. The molecule has 0 aromatic heterocycles. The second-order valence-corrected chi connectivity index (χ2v) is 5.81. The average Bonchev–Trinajstić information content (AvgIpc) is 2.30. The molecular weight excluding hydrogens is 308 g/mol. The maximum atomic E-state index is 11.9. The van der Waals surface area contributed by atoms with Crippen molar-refractivity contribution >= 4 is 33.2 Å². The minimum atomic E-state index is 0.0222. The average molecular weight is 327 g/mol. The van der Waals surface area contributed by atoms with Crippen LogP contribution in [-0.2, 0) is 9.53 Å². The number of nitrogens with two attached hydrogens (primary N) is 1. The molecule has 1 aliphatic rings. The highest BCUT2D eigenvalue weighted by Crippen LogP contribution is 2.33. The fourth-order valence-electron chi connectivity index (χ4n) is 2.32. The summed E-state index contributed by atoms with van der Waals surface area (Å²) in [6, 6.07) is 5.45. The van der Waals surface area contributed by atoms with Crippen LogP contribution in [0.25, 0.3) is 0 Å². The van der Waals surface area contributed by atoms with Crippen LogP contribution in [0.1, 0.15) is 26.2 Å². The van der Waals surface area contributed by atoms with Crippen molar-refractivity contribution in [1.82, 2.24) is 0 Å². The first-order valence-electron chi connectivity index (χ1n) is 6.55. The Kier molecular flexibility index (Phi) is 4.82. The summed E-state index contributed by atoms with van der Waals surface area (Å²) in [6.07, 6.45) is 2.85. The van der Waals surface area contributed by atoms with E-state index in [-0.39, 0.29) is 5.91 Å². The number of carbonyl (C=O) groups excluding carboxylic acids is 1. The van der Waals surface area contributed by atoms with E-state index in [4.69, 9.17) is 10.5 Å². The van der Waals surface area contributed by atoms with Crippen molar-refractivity contribution in [3.63, 3.8) is 0 Å². The second kappa shape index (κ2) is 6.39. The summed E-state index contributed by atoms with van der Waals surface area (Å²) in [7, 11) is 0. The third kappa shape index (κ3) is 3.94. The molecule has 4 nitrogen and oxygen atoms in total. The number of benzene rings is 1. The summed E-state index contributed by atoms with van der Waals surface area (Å²) in [5.41, 5.74) is 7.09. The van der Waals surface area contributed by atoms with Gasteiger partial charge in [0.05, 0.1) is 17.5 Å². The van der Waals surface area contributed by atoms with E-state index in [1.165, 1.54) is 0 Å². The highest BCUT2D eigenvalue weighted by atomic mass is 79.9. The molecule has 0 spiro atoms. The minimum absolute atomic E-state index is 0.0222. The van der Waals surface area contributed by atoms with E-state index in [1.807, 2.05) is 13.0 Å². The highest BCUT2D eigenvalue weighted by Gasteiger charge is 2.31. The summed E-state index contributed by atoms with van der Waals surface area (Å²) in [6.45, 7) is 2.75. The van der Waals surface area contributed by atoms with E-state index in [0.29, 0.717) is 29.8 Å². The number of nitrogen functional groups attached to an aromatic ring is 1. The first-order valence-corrected chi connectivity index (χ1v) is 7.34. The minimum Gasteiger partial charge on any atom is -0.397 e. The molecule has 0 saturated heterocycles. The van der Waals surface area contributed by atoms with Gasteiger partial charge in [0.2, 0.25) is 5.91 Å². The summed E-state index contributed by atoms with van der Waals surface area (Å²) in [4.78, 5) is 11.9. The molecule has 19 heavy (non-hydrogen) atoms. The standard InChI is InChI=1S/C14H19BrN2O2/c1-2-19-11-5-9(6-11)7-14(18)17-13-4-3-10(15)8-12(13)16/h3-4,8-9,11H,2,5-7,16H2,1H3,(H,17,18). The van der Waals surface area contributed by atoms with Gasteiger partial charge in [0.15, 0.2) is 0 Å². The van der Waals surface area contributed by atoms with Crippen LogP contribution in [0.2, 0.25) is 0 Å². The molecule has 3 N–H and O–H groups in total. The molecule has 1 amide bonds. The van der Waals surface area contributed by atoms with Crippen LogP contribution in [0.4, 0.5) is 11.4 Å². The molecule has 1 aromatic rings. The first kappa shape index (κ1) is 14.3. The fraction of sp³-hybridized carbons (Fsp3) is 0.500. The lowest BCUT2D eigenvalue weighted by atomic mass is 9.80. The number of hydrogen-bond donors (Lipinski definition) is 2. The molecule has 0 radical (unpaired) electrons. The Morgan fingerprint density at radius 3 is 2.89 bits per heavy atom. The van der Waals surface area contributed by atoms with Gasteiger partial charge >= 0.3 is 0 Å². The number of rotatable bonds is 5. The molecule has 2 rings (SSSR count). The smallest absolute Gasteiger partial charge is 0.224 e. The third-order valence-electron chi connectivity index (χ3n) is 3.36. The number of amides is 1. The van der Waals surface area contributed by atoms with E-state index in [0.717, 1.165) is 23.9 Å². The lowest BCUT2D eigenvalue weighted by molar-refractivity contribution is -0.119. The number of halogens is 1. The van der Waals surface area contributed by atoms with Gasteiger partial charge in [-0.2, -0.15) is 0 Å². The van der Waals surface area contributed by atoms with Gasteiger partial charge in [-0.1, -0.05) is 15.9 Å². The van der Waals surface area contributed by atoms with Crippen molar-refractivity contribution in [2.45, 2.75) is 32.3 Å². The zero-order chi connectivity index (χ0) is 13.8. The zero-order valence-corrected chi connectivity index (χ0v) is 12.6. The monoisotopic (exact) mass is 326 g/mol. The molecule has 1 aliphatic carbocycles. The summed E-state index contributed by atoms with van der Waals surface area (Å²) in [5, 5.41) is 2.86. The maximum absolute atomic E-state index is 11.9. The van der Waals surface area contributed by atoms with Gasteiger partial charge in [-0.3, -0.25) is 4.79 Å². The van der Waals surface area contributed by atoms with Crippen molar-refractivity contribution < 1.29 is 9.53 Å². The van der Waals surface area contributed by atoms with Gasteiger partial charge in [-0.15, -0.1) is 0 Å². The van der Waals surface area contributed by atoms with Gasteiger partial charge in [0, 0.05) is 17.5 Å². The highest BCUT2D eigenvalue weighted by molar-refractivity contribution is 9.10. The molecular formula is C14H19BrN2O2. The normalized spacial score (nSPS) is 21.8. The molecule has 5 heteroatoms. The van der Waals surface area contributed by atoms with Crippen LogP contribution in [0.5, 0.6) is 0 Å². The summed E-state index contributed by atoms with van der Waals surface area (Å²) in [5.74, 6) is 0.460. The maximum Gasteiger partial charge on any atom is 0.224 e. The van der Waals surface area contributed by atoms with Gasteiger partial charge < -0.3 is 15.8 Å². The Bertz CT molecular complexity index is 459. The Morgan fingerprint density at radius 2 is 2.26 bits per heavy atom. The molecule has 0 unspecified atom stereocenters. The van der Waals surface area contributed by atoms with E-state index in [9.17, 15) is 4.79 Å². The van der Waals surface area contributed by atoms with Crippen molar-refractivity contribution in [1.29, 1.82) is 0 Å². The van der Waals surface area contributed by atoms with Gasteiger partial charge in [-0.25, -0.2) is 0 Å². The van der Waals surface area contributed by atoms with Crippen molar-refractivity contribution in [3.05, 3.63) is 22.7 Å². The van der Waals surface area contributed by atoms with E-state index in [1.54, 1.807) is 12.1 Å². The molecule has 1 fully saturated rings. The molecule has 0 heterocycles. The van der Waals surface area contributed by atoms with E-state index < -0.39 is 0 Å². The summed E-state index contributed by atoms with van der Waals surface area (Å²) >= 11 is 3.34. The van der Waals surface area contributed by atoms with E-state index in [2.05, 4.69) is 21.2 Å². The lowest BCUT2D eigenvalue weighted by Crippen LogP contribution is -2.33. The van der Waals surface area contributed by atoms with Crippen molar-refractivity contribution in [3.8, 4) is 0 Å². The predicted octanol–water partition coefficient (Wildman–Crippen LogP) is 3.18. The number of hydrogen-bond acceptors (Lipinski definition) is 3. The van der Waals surface area contributed by atoms with Crippen LogP contribution in [-0.4, -0.2) is 18.6 Å². The largest absolute Gasteiger partial charge is 0.397 e. The number of anilines is 2. The molecule has 1 aromatic carbocycles. The number of nitrogens with one attached hydrogen (secondary N) is 1. The fourth-order valence-corrected chi connectivity index (χ4v) is 2.70. The Labute approximate surface area is 121 Å².